The minimum atomic E-state index is -0.578. The molecule has 7 heteroatoms. The lowest BCUT2D eigenvalue weighted by Crippen LogP contribution is -2.06. The van der Waals surface area contributed by atoms with Crippen LogP contribution in [0.4, 0.5) is 5.69 Å². The Balaban J connectivity index is 2.12. The Kier molecular flexibility index (Phi) is 5.22. The van der Waals surface area contributed by atoms with Crippen molar-refractivity contribution in [3.63, 3.8) is 0 Å². The molecule has 21 heavy (non-hydrogen) atoms. The van der Waals surface area contributed by atoms with Crippen molar-refractivity contribution in [2.75, 3.05) is 5.73 Å². The molecule has 0 saturated carbocycles. The van der Waals surface area contributed by atoms with Gasteiger partial charge < -0.3 is 10.5 Å². The summed E-state index contributed by atoms with van der Waals surface area (Å²) in [6.45, 7) is 0.00891. The first kappa shape index (κ1) is 16.2. The number of benzene rings is 2. The van der Waals surface area contributed by atoms with Crippen LogP contribution in [-0.2, 0) is 11.3 Å². The molecule has 110 valence electrons. The quantitative estimate of drug-likeness (QED) is 0.598. The summed E-state index contributed by atoms with van der Waals surface area (Å²) in [5.74, 6) is -0.578. The van der Waals surface area contributed by atoms with E-state index in [0.717, 1.165) is 0 Å². The second kappa shape index (κ2) is 6.75. The van der Waals surface area contributed by atoms with Crippen LogP contribution in [0.25, 0.3) is 0 Å². The van der Waals surface area contributed by atoms with Gasteiger partial charge in [0.1, 0.15) is 6.61 Å². The number of carbonyl (C=O) groups excluding carboxylic acids is 1. The lowest BCUT2D eigenvalue weighted by atomic mass is 10.2. The Morgan fingerprint density at radius 2 is 1.76 bits per heavy atom. The number of halogens is 4. The number of carbonyl (C=O) groups is 1. The van der Waals surface area contributed by atoms with Gasteiger partial charge in [-0.2, -0.15) is 0 Å². The highest BCUT2D eigenvalue weighted by atomic mass is 35.5. The van der Waals surface area contributed by atoms with Crippen molar-refractivity contribution < 1.29 is 9.53 Å². The van der Waals surface area contributed by atoms with Crippen LogP contribution in [0, 0.1) is 0 Å². The van der Waals surface area contributed by atoms with E-state index >= 15 is 0 Å². The topological polar surface area (TPSA) is 52.3 Å². The van der Waals surface area contributed by atoms with Gasteiger partial charge >= 0.3 is 5.97 Å². The summed E-state index contributed by atoms with van der Waals surface area (Å²) in [6, 6.07) is 7.71. The maximum absolute atomic E-state index is 12.0. The van der Waals surface area contributed by atoms with Gasteiger partial charge in [0.05, 0.1) is 21.3 Å². The molecule has 2 aromatic carbocycles. The van der Waals surface area contributed by atoms with Crippen molar-refractivity contribution in [3.8, 4) is 0 Å². The van der Waals surface area contributed by atoms with Crippen molar-refractivity contribution in [3.05, 3.63) is 61.5 Å². The Morgan fingerprint density at radius 3 is 2.38 bits per heavy atom. The molecule has 3 nitrogen and oxygen atoms in total. The average molecular weight is 365 g/mol. The average Bonchev–Trinajstić information content (AvgIpc) is 2.43. The van der Waals surface area contributed by atoms with E-state index < -0.39 is 5.97 Å². The van der Waals surface area contributed by atoms with E-state index in [-0.39, 0.29) is 27.9 Å². The number of hydrogen-bond donors (Lipinski definition) is 1. The smallest absolute Gasteiger partial charge is 0.338 e. The molecule has 0 heterocycles. The van der Waals surface area contributed by atoms with Gasteiger partial charge in [-0.3, -0.25) is 0 Å². The summed E-state index contributed by atoms with van der Waals surface area (Å²) >= 11 is 23.5. The zero-order chi connectivity index (χ0) is 15.6. The SMILES string of the molecule is Nc1cc(C(=O)OCc2ccc(Cl)cc2Cl)cc(Cl)c1Cl. The summed E-state index contributed by atoms with van der Waals surface area (Å²) in [7, 11) is 0. The van der Waals surface area contributed by atoms with E-state index in [4.69, 9.17) is 56.9 Å². The van der Waals surface area contributed by atoms with Gasteiger partial charge in [0.25, 0.3) is 0 Å². The molecule has 0 fully saturated rings. The Labute approximate surface area is 141 Å². The van der Waals surface area contributed by atoms with Gasteiger partial charge in [0, 0.05) is 15.6 Å². The standard InChI is InChI=1S/C14H9Cl4NO2/c15-9-2-1-7(10(16)5-9)6-21-14(20)8-3-11(17)13(18)12(19)4-8/h1-5H,6,19H2. The summed E-state index contributed by atoms with van der Waals surface area (Å²) < 4.78 is 5.16. The number of esters is 1. The van der Waals surface area contributed by atoms with Crippen LogP contribution in [0.1, 0.15) is 15.9 Å². The Hall–Kier alpha value is -1.13. The molecule has 0 spiro atoms. The van der Waals surface area contributed by atoms with E-state index in [2.05, 4.69) is 0 Å². The van der Waals surface area contributed by atoms with E-state index in [1.54, 1.807) is 18.2 Å². The van der Waals surface area contributed by atoms with Crippen LogP contribution in [0.5, 0.6) is 0 Å². The molecule has 0 bridgehead atoms. The fourth-order valence-corrected chi connectivity index (χ4v) is 2.39. The molecule has 0 aliphatic carbocycles. The zero-order valence-corrected chi connectivity index (χ0v) is 13.5. The van der Waals surface area contributed by atoms with Crippen molar-refractivity contribution >= 4 is 58.1 Å². The minimum Gasteiger partial charge on any atom is -0.457 e. The molecule has 2 aromatic rings. The lowest BCUT2D eigenvalue weighted by molar-refractivity contribution is 0.0473. The molecule has 0 amide bonds. The molecule has 0 radical (unpaired) electrons. The van der Waals surface area contributed by atoms with Gasteiger partial charge in [-0.05, 0) is 24.3 Å². The first-order valence-electron chi connectivity index (χ1n) is 5.74. The first-order chi connectivity index (χ1) is 9.88. The first-order valence-corrected chi connectivity index (χ1v) is 7.25. The van der Waals surface area contributed by atoms with Gasteiger partial charge in [0.15, 0.2) is 0 Å². The van der Waals surface area contributed by atoms with Crippen LogP contribution in [0.2, 0.25) is 20.1 Å². The molecule has 0 aromatic heterocycles. The molecule has 0 aliphatic heterocycles. The van der Waals surface area contributed by atoms with Crippen molar-refractivity contribution in [1.82, 2.24) is 0 Å². The molecule has 0 saturated heterocycles. The fraction of sp³-hybridized carbons (Fsp3) is 0.0714. The Bertz CT molecular complexity index is 680. The number of rotatable bonds is 3. The highest BCUT2D eigenvalue weighted by molar-refractivity contribution is 6.43. The van der Waals surface area contributed by atoms with Gasteiger partial charge in [-0.15, -0.1) is 0 Å². The van der Waals surface area contributed by atoms with Crippen molar-refractivity contribution in [1.29, 1.82) is 0 Å². The highest BCUT2D eigenvalue weighted by Gasteiger charge is 2.13. The largest absolute Gasteiger partial charge is 0.457 e. The number of hydrogen-bond acceptors (Lipinski definition) is 3. The van der Waals surface area contributed by atoms with Crippen LogP contribution < -0.4 is 5.73 Å². The number of anilines is 1. The van der Waals surface area contributed by atoms with E-state index in [9.17, 15) is 4.79 Å². The van der Waals surface area contributed by atoms with Crippen LogP contribution in [-0.4, -0.2) is 5.97 Å². The zero-order valence-electron chi connectivity index (χ0n) is 10.5. The molecule has 0 aliphatic rings. The van der Waals surface area contributed by atoms with E-state index in [1.807, 2.05) is 0 Å². The van der Waals surface area contributed by atoms with Crippen LogP contribution >= 0.6 is 46.4 Å². The third-order valence-electron chi connectivity index (χ3n) is 2.67. The highest BCUT2D eigenvalue weighted by Crippen LogP contribution is 2.30. The monoisotopic (exact) mass is 363 g/mol. The maximum atomic E-state index is 12.0. The van der Waals surface area contributed by atoms with Gasteiger partial charge in [0.2, 0.25) is 0 Å². The number of nitrogen functional groups attached to an aromatic ring is 1. The van der Waals surface area contributed by atoms with Gasteiger partial charge in [-0.1, -0.05) is 52.5 Å². The Morgan fingerprint density at radius 1 is 1.05 bits per heavy atom. The normalized spacial score (nSPS) is 10.5. The van der Waals surface area contributed by atoms with Crippen molar-refractivity contribution in [2.45, 2.75) is 6.61 Å². The summed E-state index contributed by atoms with van der Waals surface area (Å²) in [6.07, 6.45) is 0. The summed E-state index contributed by atoms with van der Waals surface area (Å²) in [5.41, 5.74) is 6.71. The molecule has 0 atom stereocenters. The second-order valence-corrected chi connectivity index (χ2v) is 5.80. The minimum absolute atomic E-state index is 0.00891. The van der Waals surface area contributed by atoms with E-state index in [0.29, 0.717) is 15.6 Å². The lowest BCUT2D eigenvalue weighted by Gasteiger charge is -2.08. The predicted octanol–water partition coefficient (Wildman–Crippen LogP) is 5.24. The molecular formula is C14H9Cl4NO2. The number of nitrogens with two attached hydrogens (primary N) is 1. The third kappa shape index (κ3) is 3.95. The molecular weight excluding hydrogens is 356 g/mol. The predicted molar refractivity (Wildman–Crippen MR) is 86.5 cm³/mol. The third-order valence-corrected chi connectivity index (χ3v) is 4.07. The van der Waals surface area contributed by atoms with Crippen molar-refractivity contribution in [2.24, 2.45) is 0 Å². The van der Waals surface area contributed by atoms with Gasteiger partial charge in [-0.25, -0.2) is 4.79 Å². The molecule has 2 rings (SSSR count). The second-order valence-electron chi connectivity index (χ2n) is 4.17. The number of ether oxygens (including phenoxy) is 1. The van der Waals surface area contributed by atoms with Crippen LogP contribution in [0.15, 0.2) is 30.3 Å². The van der Waals surface area contributed by atoms with Crippen LogP contribution in [0.3, 0.4) is 0 Å². The maximum Gasteiger partial charge on any atom is 0.338 e. The summed E-state index contributed by atoms with van der Waals surface area (Å²) in [4.78, 5) is 12.0. The fourth-order valence-electron chi connectivity index (χ4n) is 1.59. The van der Waals surface area contributed by atoms with E-state index in [1.165, 1.54) is 12.1 Å². The molecule has 2 N–H and O–H groups in total. The molecule has 0 unspecified atom stereocenters. The summed E-state index contributed by atoms with van der Waals surface area (Å²) in [5, 5.41) is 1.32.